The highest BCUT2D eigenvalue weighted by Gasteiger charge is 2.04. The van der Waals surface area contributed by atoms with E-state index in [4.69, 9.17) is 23.7 Å². The topological polar surface area (TPSA) is 80.3 Å². The highest BCUT2D eigenvalue weighted by Crippen LogP contribution is 2.09. The Bertz CT molecular complexity index is 417. The summed E-state index contributed by atoms with van der Waals surface area (Å²) < 4.78 is 26.6. The van der Waals surface area contributed by atoms with Gasteiger partial charge >= 0.3 is 11.9 Å². The van der Waals surface area contributed by atoms with Crippen LogP contribution in [0.25, 0.3) is 0 Å². The van der Waals surface area contributed by atoms with Gasteiger partial charge in [-0.1, -0.05) is 90.9 Å². The van der Waals surface area contributed by atoms with Crippen LogP contribution in [0.15, 0.2) is 0 Å². The number of carbonyl (C=O) groups excluding carboxylic acids is 2. The summed E-state index contributed by atoms with van der Waals surface area (Å²) in [6, 6.07) is 0. The Balaban J connectivity index is 3.21. The molecule has 0 aliphatic rings. The van der Waals surface area contributed by atoms with Crippen molar-refractivity contribution in [3.8, 4) is 0 Å². The maximum Gasteiger partial charge on any atom is 0.305 e. The molecule has 0 aliphatic carbocycles. The zero-order valence-electron chi connectivity index (χ0n) is 22.8. The number of hydrogen-bond acceptors (Lipinski definition) is 7. The van der Waals surface area contributed by atoms with E-state index < -0.39 is 0 Å². The summed E-state index contributed by atoms with van der Waals surface area (Å²) in [5.41, 5.74) is 0. The van der Waals surface area contributed by atoms with Gasteiger partial charge in [-0.05, 0) is 12.8 Å². The van der Waals surface area contributed by atoms with Gasteiger partial charge in [0.2, 0.25) is 0 Å². The van der Waals surface area contributed by atoms with Gasteiger partial charge in [-0.2, -0.15) is 0 Å². The van der Waals surface area contributed by atoms with Crippen molar-refractivity contribution >= 4 is 11.9 Å². The molecular weight excluding hydrogens is 448 g/mol. The van der Waals surface area contributed by atoms with Crippen LogP contribution >= 0.6 is 0 Å². The Morgan fingerprint density at radius 2 is 0.686 bits per heavy atom. The van der Waals surface area contributed by atoms with E-state index in [1.807, 2.05) is 0 Å². The Hall–Kier alpha value is -1.18. The van der Waals surface area contributed by atoms with Gasteiger partial charge in [0.15, 0.2) is 0 Å². The third-order valence-corrected chi connectivity index (χ3v) is 5.69. The smallest absolute Gasteiger partial charge is 0.305 e. The molecule has 0 aromatic rings. The molecule has 0 bridgehead atoms. The highest BCUT2D eigenvalue weighted by molar-refractivity contribution is 5.69. The molecule has 0 aromatic heterocycles. The molecule has 0 heterocycles. The fourth-order valence-corrected chi connectivity index (χ4v) is 3.57. The Kier molecular flexibility index (Phi) is 28.1. The van der Waals surface area contributed by atoms with Gasteiger partial charge in [0.05, 0.1) is 39.6 Å². The summed E-state index contributed by atoms with van der Waals surface area (Å²) >= 11 is 0. The number of esters is 2. The molecule has 0 amide bonds. The van der Waals surface area contributed by atoms with E-state index in [0.717, 1.165) is 25.7 Å². The molecule has 35 heavy (non-hydrogen) atoms. The summed E-state index contributed by atoms with van der Waals surface area (Å²) in [6.45, 7) is 7.59. The third-order valence-electron chi connectivity index (χ3n) is 5.69. The molecule has 0 spiro atoms. The lowest BCUT2D eigenvalue weighted by Crippen LogP contribution is -2.15. The predicted octanol–water partition coefficient (Wildman–Crippen LogP) is 6.40. The lowest BCUT2D eigenvalue weighted by Gasteiger charge is -2.08. The first-order valence-corrected chi connectivity index (χ1v) is 14.2. The van der Waals surface area contributed by atoms with E-state index in [2.05, 4.69) is 13.8 Å². The van der Waals surface area contributed by atoms with Crippen LogP contribution in [0.2, 0.25) is 0 Å². The van der Waals surface area contributed by atoms with Crippen molar-refractivity contribution in [3.63, 3.8) is 0 Å². The molecule has 0 unspecified atom stereocenters. The Morgan fingerprint density at radius 1 is 0.400 bits per heavy atom. The van der Waals surface area contributed by atoms with Gasteiger partial charge < -0.3 is 23.7 Å². The van der Waals surface area contributed by atoms with Crippen LogP contribution < -0.4 is 0 Å². The van der Waals surface area contributed by atoms with Crippen molar-refractivity contribution in [2.45, 2.75) is 117 Å². The van der Waals surface area contributed by atoms with Gasteiger partial charge in [-0.3, -0.25) is 9.59 Å². The quantitative estimate of drug-likeness (QED) is 0.0904. The molecule has 0 saturated heterocycles. The van der Waals surface area contributed by atoms with Gasteiger partial charge in [0, 0.05) is 12.8 Å². The fraction of sp³-hybridized carbons (Fsp3) is 0.929. The largest absolute Gasteiger partial charge is 0.463 e. The highest BCUT2D eigenvalue weighted by atomic mass is 16.6. The Morgan fingerprint density at radius 3 is 1.03 bits per heavy atom. The second kappa shape index (κ2) is 29.1. The standard InChI is InChI=1S/C28H54O7/c1-3-5-7-9-11-13-15-17-27(29)34-25-23-32-21-19-31-20-22-33-24-26-35-28(30)18-16-14-12-10-8-6-4-2/h3-26H2,1-2H3. The number of rotatable bonds is 28. The lowest BCUT2D eigenvalue weighted by molar-refractivity contribution is -0.146. The number of hydrogen-bond donors (Lipinski definition) is 0. The van der Waals surface area contributed by atoms with Crippen LogP contribution in [0, 0.1) is 0 Å². The predicted molar refractivity (Wildman–Crippen MR) is 140 cm³/mol. The maximum absolute atomic E-state index is 11.7. The molecule has 0 fully saturated rings. The molecule has 0 aromatic carbocycles. The lowest BCUT2D eigenvalue weighted by atomic mass is 10.1. The second-order valence-electron chi connectivity index (χ2n) is 9.02. The third kappa shape index (κ3) is 28.9. The molecule has 208 valence electrons. The molecule has 0 N–H and O–H groups in total. The first-order valence-electron chi connectivity index (χ1n) is 14.2. The molecule has 0 atom stereocenters. The molecule has 0 radical (unpaired) electrons. The minimum Gasteiger partial charge on any atom is -0.463 e. The van der Waals surface area contributed by atoms with Crippen molar-refractivity contribution < 1.29 is 33.3 Å². The second-order valence-corrected chi connectivity index (χ2v) is 9.02. The molecule has 0 aliphatic heterocycles. The summed E-state index contributed by atoms with van der Waals surface area (Å²) in [5, 5.41) is 0. The number of carbonyl (C=O) groups is 2. The minimum absolute atomic E-state index is 0.140. The molecular formula is C28H54O7. The molecule has 7 heteroatoms. The zero-order chi connectivity index (χ0) is 25.7. The first-order chi connectivity index (χ1) is 17.2. The molecule has 0 rings (SSSR count). The van der Waals surface area contributed by atoms with E-state index in [0.29, 0.717) is 52.5 Å². The molecule has 7 nitrogen and oxygen atoms in total. The number of unbranched alkanes of at least 4 members (excludes halogenated alkanes) is 12. The van der Waals surface area contributed by atoms with Crippen LogP contribution in [-0.2, 0) is 33.3 Å². The normalized spacial score (nSPS) is 11.0. The summed E-state index contributed by atoms with van der Waals surface area (Å²) in [5.74, 6) is -0.280. The van der Waals surface area contributed by atoms with E-state index in [1.165, 1.54) is 64.2 Å². The minimum atomic E-state index is -0.140. The van der Waals surface area contributed by atoms with Gasteiger partial charge in [0.25, 0.3) is 0 Å². The first kappa shape index (κ1) is 33.8. The maximum atomic E-state index is 11.7. The monoisotopic (exact) mass is 502 g/mol. The van der Waals surface area contributed by atoms with Crippen molar-refractivity contribution in [1.82, 2.24) is 0 Å². The van der Waals surface area contributed by atoms with E-state index in [-0.39, 0.29) is 25.2 Å². The van der Waals surface area contributed by atoms with E-state index >= 15 is 0 Å². The van der Waals surface area contributed by atoms with E-state index in [9.17, 15) is 9.59 Å². The average Bonchev–Trinajstić information content (AvgIpc) is 2.85. The van der Waals surface area contributed by atoms with Crippen LogP contribution in [0.4, 0.5) is 0 Å². The van der Waals surface area contributed by atoms with Gasteiger partial charge in [-0.25, -0.2) is 0 Å². The van der Waals surface area contributed by atoms with Crippen molar-refractivity contribution in [1.29, 1.82) is 0 Å². The SMILES string of the molecule is CCCCCCCCCC(=O)OCCOCCOCCOCCOC(=O)CCCCCCCCC. The van der Waals surface area contributed by atoms with Crippen LogP contribution in [0.3, 0.4) is 0 Å². The van der Waals surface area contributed by atoms with Crippen LogP contribution in [0.1, 0.15) is 117 Å². The number of ether oxygens (including phenoxy) is 5. The van der Waals surface area contributed by atoms with Crippen LogP contribution in [0.5, 0.6) is 0 Å². The van der Waals surface area contributed by atoms with E-state index in [1.54, 1.807) is 0 Å². The van der Waals surface area contributed by atoms with Crippen LogP contribution in [-0.4, -0.2) is 64.8 Å². The summed E-state index contributed by atoms with van der Waals surface area (Å²) in [7, 11) is 0. The van der Waals surface area contributed by atoms with Crippen molar-refractivity contribution in [2.24, 2.45) is 0 Å². The average molecular weight is 503 g/mol. The summed E-state index contributed by atoms with van der Waals surface area (Å²) in [4.78, 5) is 23.3. The fourth-order valence-electron chi connectivity index (χ4n) is 3.57. The van der Waals surface area contributed by atoms with Gasteiger partial charge in [0.1, 0.15) is 13.2 Å². The molecule has 0 saturated carbocycles. The van der Waals surface area contributed by atoms with Gasteiger partial charge in [-0.15, -0.1) is 0 Å². The van der Waals surface area contributed by atoms with Crippen molar-refractivity contribution in [3.05, 3.63) is 0 Å². The Labute approximate surface area is 214 Å². The van der Waals surface area contributed by atoms with Crippen molar-refractivity contribution in [2.75, 3.05) is 52.9 Å². The summed E-state index contributed by atoms with van der Waals surface area (Å²) in [6.07, 6.45) is 17.7. The zero-order valence-corrected chi connectivity index (χ0v) is 22.8.